The van der Waals surface area contributed by atoms with Gasteiger partial charge in [0.15, 0.2) is 0 Å². The van der Waals surface area contributed by atoms with Gasteiger partial charge in [-0.2, -0.15) is 0 Å². The van der Waals surface area contributed by atoms with Crippen LogP contribution in [0.25, 0.3) is 0 Å². The van der Waals surface area contributed by atoms with E-state index < -0.39 is 0 Å². The van der Waals surface area contributed by atoms with Crippen LogP contribution in [0.3, 0.4) is 0 Å². The molecule has 0 aliphatic heterocycles. The highest BCUT2D eigenvalue weighted by Gasteiger charge is 2.15. The van der Waals surface area contributed by atoms with Crippen molar-refractivity contribution in [2.24, 2.45) is 7.05 Å². The van der Waals surface area contributed by atoms with Gasteiger partial charge in [0, 0.05) is 25.9 Å². The second-order valence-electron chi connectivity index (χ2n) is 5.47. The van der Waals surface area contributed by atoms with E-state index in [-0.39, 0.29) is 18.3 Å². The third kappa shape index (κ3) is 4.15. The normalized spacial score (nSPS) is 10.6. The molecular weight excluding hydrogens is 380 g/mol. The predicted octanol–water partition coefficient (Wildman–Crippen LogP) is 4.59. The first-order valence-electron chi connectivity index (χ1n) is 7.61. The highest BCUT2D eigenvalue weighted by molar-refractivity contribution is 6.41. The summed E-state index contributed by atoms with van der Waals surface area (Å²) in [7, 11) is 1.66. The van der Waals surface area contributed by atoms with E-state index in [2.05, 4.69) is 10.3 Å². The minimum atomic E-state index is -0.336. The second-order valence-corrected chi connectivity index (χ2v) is 6.24. The molecule has 0 aliphatic rings. The fraction of sp³-hybridized carbons (Fsp3) is 0.111. The predicted molar refractivity (Wildman–Crippen MR) is 97.3 cm³/mol. The maximum Gasteiger partial charge on any atom is 0.268 e. The van der Waals surface area contributed by atoms with Crippen LogP contribution in [0, 0.1) is 5.82 Å². The second kappa shape index (κ2) is 7.76. The van der Waals surface area contributed by atoms with Crippen LogP contribution in [0.2, 0.25) is 10.2 Å². The van der Waals surface area contributed by atoms with Gasteiger partial charge in [-0.15, -0.1) is 0 Å². The molecule has 5 nitrogen and oxygen atoms in total. The van der Waals surface area contributed by atoms with Crippen molar-refractivity contribution < 1.29 is 13.9 Å². The minimum Gasteiger partial charge on any atom is -0.439 e. The van der Waals surface area contributed by atoms with Gasteiger partial charge in [-0.3, -0.25) is 4.79 Å². The standard InChI is InChI=1S/C18H14Cl2FN3O2/c1-24-15(8-14(19)17(24)20)18(25)23-10-11-2-7-16(22-9-11)26-13-5-3-12(21)4-6-13/h2-9H,10H2,1H3,(H,23,25). The molecule has 134 valence electrons. The topological polar surface area (TPSA) is 56.2 Å². The van der Waals surface area contributed by atoms with E-state index in [4.69, 9.17) is 27.9 Å². The van der Waals surface area contributed by atoms with Crippen molar-refractivity contribution in [1.82, 2.24) is 14.9 Å². The van der Waals surface area contributed by atoms with E-state index >= 15 is 0 Å². The Bertz CT molecular complexity index is 925. The monoisotopic (exact) mass is 393 g/mol. The van der Waals surface area contributed by atoms with Crippen molar-refractivity contribution in [2.75, 3.05) is 0 Å². The molecular formula is C18H14Cl2FN3O2. The fourth-order valence-electron chi connectivity index (χ4n) is 2.23. The molecule has 1 aromatic carbocycles. The number of amides is 1. The third-order valence-corrected chi connectivity index (χ3v) is 4.48. The number of nitrogens with one attached hydrogen (secondary N) is 1. The number of ether oxygens (including phenoxy) is 1. The number of carbonyl (C=O) groups excluding carboxylic acids is 1. The number of hydrogen-bond donors (Lipinski definition) is 1. The Morgan fingerprint density at radius 2 is 1.96 bits per heavy atom. The Kier molecular flexibility index (Phi) is 5.44. The van der Waals surface area contributed by atoms with E-state index in [1.54, 1.807) is 25.4 Å². The molecule has 2 aromatic heterocycles. The van der Waals surface area contributed by atoms with E-state index in [9.17, 15) is 9.18 Å². The van der Waals surface area contributed by atoms with Crippen molar-refractivity contribution in [1.29, 1.82) is 0 Å². The van der Waals surface area contributed by atoms with Crippen LogP contribution in [0.5, 0.6) is 11.6 Å². The molecule has 0 spiro atoms. The molecule has 3 aromatic rings. The summed E-state index contributed by atoms with van der Waals surface area (Å²) in [6, 6.07) is 10.6. The van der Waals surface area contributed by atoms with Crippen LogP contribution in [-0.2, 0) is 13.6 Å². The van der Waals surface area contributed by atoms with Crippen molar-refractivity contribution in [2.45, 2.75) is 6.54 Å². The van der Waals surface area contributed by atoms with Crippen LogP contribution < -0.4 is 10.1 Å². The Labute approximate surface area is 159 Å². The number of rotatable bonds is 5. The highest BCUT2D eigenvalue weighted by atomic mass is 35.5. The number of carbonyl (C=O) groups is 1. The lowest BCUT2D eigenvalue weighted by Gasteiger charge is -2.08. The van der Waals surface area contributed by atoms with Crippen LogP contribution in [-0.4, -0.2) is 15.5 Å². The average molecular weight is 394 g/mol. The fourth-order valence-corrected chi connectivity index (χ4v) is 2.61. The molecule has 0 saturated heterocycles. The lowest BCUT2D eigenvalue weighted by atomic mass is 10.2. The highest BCUT2D eigenvalue weighted by Crippen LogP contribution is 2.25. The summed E-state index contributed by atoms with van der Waals surface area (Å²) in [5.41, 5.74) is 1.15. The van der Waals surface area contributed by atoms with E-state index in [1.807, 2.05) is 0 Å². The van der Waals surface area contributed by atoms with Crippen molar-refractivity contribution in [3.8, 4) is 11.6 Å². The van der Waals surface area contributed by atoms with Gasteiger partial charge >= 0.3 is 0 Å². The zero-order valence-electron chi connectivity index (χ0n) is 13.7. The summed E-state index contributed by atoms with van der Waals surface area (Å²) in [4.78, 5) is 16.4. The van der Waals surface area contributed by atoms with Crippen LogP contribution in [0.4, 0.5) is 4.39 Å². The molecule has 1 amide bonds. The van der Waals surface area contributed by atoms with Gasteiger partial charge < -0.3 is 14.6 Å². The molecule has 1 N–H and O–H groups in total. The maximum absolute atomic E-state index is 12.9. The molecule has 26 heavy (non-hydrogen) atoms. The molecule has 8 heteroatoms. The summed E-state index contributed by atoms with van der Waals surface area (Å²) >= 11 is 11.9. The zero-order valence-corrected chi connectivity index (χ0v) is 15.2. The van der Waals surface area contributed by atoms with Crippen LogP contribution in [0.15, 0.2) is 48.7 Å². The van der Waals surface area contributed by atoms with Gasteiger partial charge in [0.25, 0.3) is 5.91 Å². The Hall–Kier alpha value is -2.57. The molecule has 0 aliphatic carbocycles. The van der Waals surface area contributed by atoms with Crippen molar-refractivity contribution in [3.63, 3.8) is 0 Å². The molecule has 0 fully saturated rings. The van der Waals surface area contributed by atoms with E-state index in [1.165, 1.54) is 34.9 Å². The molecule has 0 bridgehead atoms. The van der Waals surface area contributed by atoms with Crippen molar-refractivity contribution in [3.05, 3.63) is 75.9 Å². The number of halogens is 3. The zero-order chi connectivity index (χ0) is 18.7. The van der Waals surface area contributed by atoms with Crippen LogP contribution in [0.1, 0.15) is 16.1 Å². The Morgan fingerprint density at radius 3 is 2.54 bits per heavy atom. The summed E-state index contributed by atoms with van der Waals surface area (Å²) in [5, 5.41) is 3.40. The quantitative estimate of drug-likeness (QED) is 0.689. The smallest absolute Gasteiger partial charge is 0.268 e. The lowest BCUT2D eigenvalue weighted by molar-refractivity contribution is 0.0943. The molecule has 3 rings (SSSR count). The average Bonchev–Trinajstić information content (AvgIpc) is 2.90. The summed E-state index contributed by atoms with van der Waals surface area (Å²) in [5.74, 6) is 0.218. The van der Waals surface area contributed by atoms with Gasteiger partial charge in [0.2, 0.25) is 5.88 Å². The molecule has 2 heterocycles. The molecule has 0 unspecified atom stereocenters. The summed E-state index contributed by atoms with van der Waals surface area (Å²) in [6.07, 6.45) is 1.59. The number of nitrogens with zero attached hydrogens (tertiary/aromatic N) is 2. The number of aromatic nitrogens is 2. The molecule has 0 atom stereocenters. The van der Waals surface area contributed by atoms with E-state index in [0.717, 1.165) is 5.56 Å². The third-order valence-electron chi connectivity index (χ3n) is 3.64. The van der Waals surface area contributed by atoms with Gasteiger partial charge in [-0.25, -0.2) is 9.37 Å². The number of benzene rings is 1. The van der Waals surface area contributed by atoms with Gasteiger partial charge in [-0.1, -0.05) is 29.3 Å². The van der Waals surface area contributed by atoms with E-state index in [0.29, 0.717) is 27.5 Å². The summed E-state index contributed by atoms with van der Waals surface area (Å²) < 4.78 is 19.9. The first-order valence-corrected chi connectivity index (χ1v) is 8.37. The van der Waals surface area contributed by atoms with Gasteiger partial charge in [0.05, 0.1) is 5.02 Å². The Morgan fingerprint density at radius 1 is 1.23 bits per heavy atom. The lowest BCUT2D eigenvalue weighted by Crippen LogP contribution is -2.24. The van der Waals surface area contributed by atoms with Gasteiger partial charge in [0.1, 0.15) is 22.4 Å². The minimum absolute atomic E-state index is 0.281. The first kappa shape index (κ1) is 18.2. The largest absolute Gasteiger partial charge is 0.439 e. The van der Waals surface area contributed by atoms with Crippen molar-refractivity contribution >= 4 is 29.1 Å². The Balaban J connectivity index is 1.59. The van der Waals surface area contributed by atoms with Crippen LogP contribution >= 0.6 is 23.2 Å². The first-order chi connectivity index (χ1) is 12.4. The molecule has 0 saturated carbocycles. The molecule has 0 radical (unpaired) electrons. The number of pyridine rings is 1. The van der Waals surface area contributed by atoms with Gasteiger partial charge in [-0.05, 0) is 35.9 Å². The maximum atomic E-state index is 12.9. The number of hydrogen-bond acceptors (Lipinski definition) is 3. The SMILES string of the molecule is Cn1c(C(=O)NCc2ccc(Oc3ccc(F)cc3)nc2)cc(Cl)c1Cl. The summed E-state index contributed by atoms with van der Waals surface area (Å²) in [6.45, 7) is 0.281.